The van der Waals surface area contributed by atoms with Gasteiger partial charge in [0.25, 0.3) is 10.0 Å². The van der Waals surface area contributed by atoms with Gasteiger partial charge in [0.15, 0.2) is 0 Å². The Morgan fingerprint density at radius 1 is 1.21 bits per heavy atom. The predicted molar refractivity (Wildman–Crippen MR) is 75.2 cm³/mol. The third-order valence-corrected chi connectivity index (χ3v) is 4.43. The van der Waals surface area contributed by atoms with Crippen molar-refractivity contribution in [1.82, 2.24) is 4.72 Å². The van der Waals surface area contributed by atoms with Gasteiger partial charge in [0.05, 0.1) is 4.90 Å². The maximum atomic E-state index is 12.0. The Bertz CT molecular complexity index is 520. The van der Waals surface area contributed by atoms with Crippen molar-refractivity contribution in [3.05, 3.63) is 29.8 Å². The summed E-state index contributed by atoms with van der Waals surface area (Å²) < 4.78 is 26.1. The van der Waals surface area contributed by atoms with E-state index in [0.29, 0.717) is 6.42 Å². The average molecular weight is 283 g/mol. The number of carbonyl (C=O) groups is 1. The third kappa shape index (κ3) is 4.35. The second kappa shape index (κ2) is 6.70. The summed E-state index contributed by atoms with van der Waals surface area (Å²) in [6, 6.07) is 6.64. The first-order chi connectivity index (χ1) is 8.90. The lowest BCUT2D eigenvalue weighted by atomic mass is 10.1. The highest BCUT2D eigenvalue weighted by atomic mass is 32.2. The predicted octanol–water partition coefficient (Wildman–Crippen LogP) is 2.49. The maximum Gasteiger partial charge on any atom is 0.264 e. The van der Waals surface area contributed by atoms with Crippen molar-refractivity contribution in [2.45, 2.75) is 44.9 Å². The van der Waals surface area contributed by atoms with Crippen LogP contribution >= 0.6 is 0 Å². The Morgan fingerprint density at radius 2 is 1.79 bits per heavy atom. The van der Waals surface area contributed by atoms with Crippen LogP contribution in [0.5, 0.6) is 0 Å². The van der Waals surface area contributed by atoms with Gasteiger partial charge < -0.3 is 0 Å². The molecule has 1 rings (SSSR count). The fraction of sp³-hybridized carbons (Fsp3) is 0.500. The third-order valence-electron chi connectivity index (χ3n) is 3.07. The van der Waals surface area contributed by atoms with Crippen LogP contribution in [0.25, 0.3) is 0 Å². The van der Waals surface area contributed by atoms with Gasteiger partial charge >= 0.3 is 0 Å². The van der Waals surface area contributed by atoms with Gasteiger partial charge in [-0.05, 0) is 30.5 Å². The molecule has 0 saturated heterocycles. The molecule has 0 fully saturated rings. The van der Waals surface area contributed by atoms with E-state index in [1.165, 1.54) is 12.1 Å². The molecule has 1 aromatic rings. The first-order valence-corrected chi connectivity index (χ1v) is 8.04. The molecule has 5 heteroatoms. The summed E-state index contributed by atoms with van der Waals surface area (Å²) in [6.45, 7) is 5.61. The van der Waals surface area contributed by atoms with E-state index in [2.05, 4.69) is 11.6 Å². The molecule has 0 aliphatic heterocycles. The van der Waals surface area contributed by atoms with E-state index in [0.717, 1.165) is 18.4 Å². The summed E-state index contributed by atoms with van der Waals surface area (Å²) in [7, 11) is -3.75. The molecule has 0 bridgehead atoms. The second-order valence-electron chi connectivity index (χ2n) is 4.67. The highest BCUT2D eigenvalue weighted by molar-refractivity contribution is 7.90. The van der Waals surface area contributed by atoms with Gasteiger partial charge in [-0.1, -0.05) is 39.3 Å². The average Bonchev–Trinajstić information content (AvgIpc) is 2.38. The molecule has 1 unspecified atom stereocenters. The summed E-state index contributed by atoms with van der Waals surface area (Å²) in [4.78, 5) is 11.8. The number of aryl methyl sites for hydroxylation is 1. The van der Waals surface area contributed by atoms with E-state index in [1.807, 2.05) is 6.92 Å². The number of carbonyl (C=O) groups excluding carboxylic acids is 1. The van der Waals surface area contributed by atoms with Gasteiger partial charge in [0, 0.05) is 5.92 Å². The number of amides is 1. The summed E-state index contributed by atoms with van der Waals surface area (Å²) in [6.07, 6.45) is 2.53. The zero-order valence-corrected chi connectivity index (χ0v) is 12.5. The summed E-state index contributed by atoms with van der Waals surface area (Å²) in [5.41, 5.74) is 1.09. The van der Waals surface area contributed by atoms with Crippen molar-refractivity contribution in [3.8, 4) is 0 Å². The quantitative estimate of drug-likeness (QED) is 0.872. The van der Waals surface area contributed by atoms with Gasteiger partial charge in [-0.15, -0.1) is 0 Å². The van der Waals surface area contributed by atoms with Gasteiger partial charge in [-0.25, -0.2) is 13.1 Å². The second-order valence-corrected chi connectivity index (χ2v) is 6.36. The van der Waals surface area contributed by atoms with Crippen LogP contribution in [0.15, 0.2) is 29.2 Å². The molecular weight excluding hydrogens is 262 g/mol. The number of rotatable bonds is 6. The molecule has 0 saturated carbocycles. The molecule has 1 N–H and O–H groups in total. The highest BCUT2D eigenvalue weighted by Gasteiger charge is 2.20. The monoisotopic (exact) mass is 283 g/mol. The SMILES string of the molecule is CCCc1ccc(S(=O)(=O)NC(=O)C(C)CC)cc1. The lowest BCUT2D eigenvalue weighted by Crippen LogP contribution is -2.34. The standard InChI is InChI=1S/C14H21NO3S/c1-4-6-12-7-9-13(10-8-12)19(17,18)15-14(16)11(3)5-2/h7-11H,4-6H2,1-3H3,(H,15,16). The molecule has 0 aliphatic carbocycles. The van der Waals surface area contributed by atoms with Gasteiger partial charge in [-0.3, -0.25) is 4.79 Å². The molecule has 0 radical (unpaired) electrons. The smallest absolute Gasteiger partial charge is 0.264 e. The van der Waals surface area contributed by atoms with Crippen molar-refractivity contribution in [2.24, 2.45) is 5.92 Å². The largest absolute Gasteiger partial charge is 0.274 e. The van der Waals surface area contributed by atoms with Crippen LogP contribution in [0.2, 0.25) is 0 Å². The molecule has 1 amide bonds. The zero-order chi connectivity index (χ0) is 14.5. The van der Waals surface area contributed by atoms with Crippen LogP contribution in [0.1, 0.15) is 39.2 Å². The van der Waals surface area contributed by atoms with Crippen molar-refractivity contribution in [2.75, 3.05) is 0 Å². The first kappa shape index (κ1) is 15.7. The first-order valence-electron chi connectivity index (χ1n) is 6.56. The molecule has 1 atom stereocenters. The van der Waals surface area contributed by atoms with Crippen LogP contribution in [0, 0.1) is 5.92 Å². The van der Waals surface area contributed by atoms with Crippen LogP contribution in [-0.4, -0.2) is 14.3 Å². The van der Waals surface area contributed by atoms with Crippen molar-refractivity contribution in [1.29, 1.82) is 0 Å². The zero-order valence-electron chi connectivity index (χ0n) is 11.6. The molecular formula is C14H21NO3S. The number of benzene rings is 1. The minimum Gasteiger partial charge on any atom is -0.274 e. The Kier molecular flexibility index (Phi) is 5.54. The topological polar surface area (TPSA) is 63.2 Å². The van der Waals surface area contributed by atoms with Crippen molar-refractivity contribution in [3.63, 3.8) is 0 Å². The molecule has 4 nitrogen and oxygen atoms in total. The molecule has 106 valence electrons. The van der Waals surface area contributed by atoms with Gasteiger partial charge in [0.2, 0.25) is 5.91 Å². The van der Waals surface area contributed by atoms with E-state index in [9.17, 15) is 13.2 Å². The molecule has 1 aromatic carbocycles. The lowest BCUT2D eigenvalue weighted by Gasteiger charge is -2.11. The molecule has 19 heavy (non-hydrogen) atoms. The van der Waals surface area contributed by atoms with E-state index >= 15 is 0 Å². The van der Waals surface area contributed by atoms with Crippen LogP contribution in [0.3, 0.4) is 0 Å². The van der Waals surface area contributed by atoms with Crippen molar-refractivity contribution >= 4 is 15.9 Å². The van der Waals surface area contributed by atoms with E-state index < -0.39 is 15.9 Å². The minimum absolute atomic E-state index is 0.129. The maximum absolute atomic E-state index is 12.0. The van der Waals surface area contributed by atoms with E-state index in [-0.39, 0.29) is 10.8 Å². The highest BCUT2D eigenvalue weighted by Crippen LogP contribution is 2.12. The molecule has 0 aromatic heterocycles. The fourth-order valence-electron chi connectivity index (χ4n) is 1.60. The summed E-state index contributed by atoms with van der Waals surface area (Å²) in [5.74, 6) is -0.769. The Balaban J connectivity index is 2.85. The van der Waals surface area contributed by atoms with Gasteiger partial charge in [0.1, 0.15) is 0 Å². The fourth-order valence-corrected chi connectivity index (χ4v) is 2.68. The molecule has 0 heterocycles. The Labute approximate surface area is 115 Å². The lowest BCUT2D eigenvalue weighted by molar-refractivity contribution is -0.122. The van der Waals surface area contributed by atoms with Crippen LogP contribution in [0.4, 0.5) is 0 Å². The van der Waals surface area contributed by atoms with E-state index in [4.69, 9.17) is 0 Å². The van der Waals surface area contributed by atoms with E-state index in [1.54, 1.807) is 19.1 Å². The van der Waals surface area contributed by atoms with Crippen LogP contribution in [-0.2, 0) is 21.2 Å². The Morgan fingerprint density at radius 3 is 2.26 bits per heavy atom. The molecule has 0 spiro atoms. The number of nitrogens with one attached hydrogen (secondary N) is 1. The summed E-state index contributed by atoms with van der Waals surface area (Å²) in [5, 5.41) is 0. The Hall–Kier alpha value is -1.36. The molecule has 0 aliphatic rings. The number of hydrogen-bond acceptors (Lipinski definition) is 3. The van der Waals surface area contributed by atoms with Crippen LogP contribution < -0.4 is 4.72 Å². The van der Waals surface area contributed by atoms with Crippen molar-refractivity contribution < 1.29 is 13.2 Å². The summed E-state index contributed by atoms with van der Waals surface area (Å²) >= 11 is 0. The van der Waals surface area contributed by atoms with Gasteiger partial charge in [-0.2, -0.15) is 0 Å². The number of hydrogen-bond donors (Lipinski definition) is 1. The normalized spacial score (nSPS) is 13.0. The minimum atomic E-state index is -3.75. The number of sulfonamides is 1.